The van der Waals surface area contributed by atoms with Crippen molar-refractivity contribution in [2.75, 3.05) is 26.8 Å². The van der Waals surface area contributed by atoms with Crippen LogP contribution in [0.4, 0.5) is 4.79 Å². The van der Waals surface area contributed by atoms with Gasteiger partial charge >= 0.3 is 11.7 Å². The fourth-order valence-electron chi connectivity index (χ4n) is 3.41. The minimum absolute atomic E-state index is 0.0274. The quantitative estimate of drug-likeness (QED) is 0.779. The topological polar surface area (TPSA) is 81.4 Å². The first-order valence-electron chi connectivity index (χ1n) is 9.35. The largest absolute Gasteiger partial charge is 0.383 e. The number of urea groups is 1. The number of carbonyl (C=O) groups excluding carboxylic acids is 1. The molecule has 2 amide bonds. The van der Waals surface area contributed by atoms with Gasteiger partial charge in [0.25, 0.3) is 0 Å². The summed E-state index contributed by atoms with van der Waals surface area (Å²) in [7, 11) is 1.61. The van der Waals surface area contributed by atoms with Gasteiger partial charge in [-0.2, -0.15) is 5.10 Å². The second kappa shape index (κ2) is 9.18. The highest BCUT2D eigenvalue weighted by Crippen LogP contribution is 2.26. The van der Waals surface area contributed by atoms with Crippen molar-refractivity contribution in [1.82, 2.24) is 24.6 Å². The number of aromatic nitrogens is 3. The zero-order valence-electron chi connectivity index (χ0n) is 15.9. The van der Waals surface area contributed by atoms with Gasteiger partial charge in [-0.1, -0.05) is 6.07 Å². The minimum atomic E-state index is -0.0827. The standard InChI is InChI=1S/C18H27N5O3S/c1-3-22-16(20-23(18(22)25)10-11-26-2)14-6-8-21(9-7-14)17(24)19-13-15-5-4-12-27-15/h4-5,12,14H,3,6-11,13H2,1-2H3,(H,19,24). The molecule has 2 aromatic heterocycles. The maximum absolute atomic E-state index is 12.5. The van der Waals surface area contributed by atoms with Crippen LogP contribution in [-0.4, -0.2) is 52.1 Å². The van der Waals surface area contributed by atoms with Crippen LogP contribution < -0.4 is 11.0 Å². The lowest BCUT2D eigenvalue weighted by atomic mass is 9.96. The molecular formula is C18H27N5O3S. The Kier molecular flexibility index (Phi) is 6.68. The lowest BCUT2D eigenvalue weighted by molar-refractivity contribution is 0.178. The molecule has 2 aromatic rings. The van der Waals surface area contributed by atoms with E-state index in [1.807, 2.05) is 29.3 Å². The predicted octanol–water partition coefficient (Wildman–Crippen LogP) is 1.86. The Balaban J connectivity index is 1.58. The van der Waals surface area contributed by atoms with E-state index >= 15 is 0 Å². The number of hydrogen-bond acceptors (Lipinski definition) is 5. The number of carbonyl (C=O) groups is 1. The number of piperidine rings is 1. The second-order valence-electron chi connectivity index (χ2n) is 6.60. The summed E-state index contributed by atoms with van der Waals surface area (Å²) in [5.41, 5.74) is -0.0827. The molecule has 0 saturated carbocycles. The van der Waals surface area contributed by atoms with Gasteiger partial charge in [0.15, 0.2) is 0 Å². The van der Waals surface area contributed by atoms with Crippen LogP contribution in [0.15, 0.2) is 22.3 Å². The number of rotatable bonds is 7. The maximum Gasteiger partial charge on any atom is 0.345 e. The normalized spacial score (nSPS) is 15.3. The third-order valence-corrected chi connectivity index (χ3v) is 5.79. The highest BCUT2D eigenvalue weighted by atomic mass is 32.1. The number of nitrogens with zero attached hydrogens (tertiary/aromatic N) is 4. The monoisotopic (exact) mass is 393 g/mol. The van der Waals surface area contributed by atoms with Gasteiger partial charge < -0.3 is 15.0 Å². The smallest absolute Gasteiger partial charge is 0.345 e. The Morgan fingerprint density at radius 1 is 1.41 bits per heavy atom. The SMILES string of the molecule is CCn1c(C2CCN(C(=O)NCc3cccs3)CC2)nn(CCOC)c1=O. The summed E-state index contributed by atoms with van der Waals surface area (Å²) in [6.45, 7) is 5.38. The molecule has 8 nitrogen and oxygen atoms in total. The van der Waals surface area contributed by atoms with E-state index < -0.39 is 0 Å². The Morgan fingerprint density at radius 3 is 2.81 bits per heavy atom. The van der Waals surface area contributed by atoms with Gasteiger partial charge in [-0.25, -0.2) is 14.3 Å². The number of hydrogen-bond donors (Lipinski definition) is 1. The summed E-state index contributed by atoms with van der Waals surface area (Å²) in [4.78, 5) is 27.8. The minimum Gasteiger partial charge on any atom is -0.383 e. The van der Waals surface area contributed by atoms with Crippen molar-refractivity contribution in [3.05, 3.63) is 38.7 Å². The average Bonchev–Trinajstić information content (AvgIpc) is 3.32. The average molecular weight is 394 g/mol. The van der Waals surface area contributed by atoms with E-state index in [0.29, 0.717) is 39.3 Å². The van der Waals surface area contributed by atoms with Gasteiger partial charge in [0.1, 0.15) is 5.82 Å². The molecule has 3 heterocycles. The summed E-state index contributed by atoms with van der Waals surface area (Å²) in [6.07, 6.45) is 1.63. The molecule has 1 fully saturated rings. The Hall–Kier alpha value is -2.13. The molecule has 0 radical (unpaired) electrons. The predicted molar refractivity (Wildman–Crippen MR) is 104 cm³/mol. The third kappa shape index (κ3) is 4.59. The van der Waals surface area contributed by atoms with Crippen molar-refractivity contribution in [2.24, 2.45) is 0 Å². The number of likely N-dealkylation sites (tertiary alicyclic amines) is 1. The van der Waals surface area contributed by atoms with Gasteiger partial charge in [-0.15, -0.1) is 11.3 Å². The molecule has 1 aliphatic rings. The van der Waals surface area contributed by atoms with Crippen LogP contribution in [0.3, 0.4) is 0 Å². The van der Waals surface area contributed by atoms with E-state index in [9.17, 15) is 9.59 Å². The molecule has 1 N–H and O–H groups in total. The molecule has 0 atom stereocenters. The second-order valence-corrected chi connectivity index (χ2v) is 7.63. The molecular weight excluding hydrogens is 366 g/mol. The zero-order chi connectivity index (χ0) is 19.2. The van der Waals surface area contributed by atoms with Crippen LogP contribution in [0, 0.1) is 0 Å². The van der Waals surface area contributed by atoms with Crippen LogP contribution in [0.1, 0.15) is 36.4 Å². The Labute approximate surface area is 162 Å². The fraction of sp³-hybridized carbons (Fsp3) is 0.611. The van der Waals surface area contributed by atoms with Crippen LogP contribution in [0.2, 0.25) is 0 Å². The number of thiophene rings is 1. The van der Waals surface area contributed by atoms with Crippen molar-refractivity contribution in [3.63, 3.8) is 0 Å². The number of methoxy groups -OCH3 is 1. The van der Waals surface area contributed by atoms with Gasteiger partial charge in [-0.05, 0) is 31.2 Å². The molecule has 0 bridgehead atoms. The molecule has 0 spiro atoms. The molecule has 0 aromatic carbocycles. The number of nitrogens with one attached hydrogen (secondary N) is 1. The summed E-state index contributed by atoms with van der Waals surface area (Å²) in [6, 6.07) is 3.97. The zero-order valence-corrected chi connectivity index (χ0v) is 16.7. The van der Waals surface area contributed by atoms with Crippen LogP contribution in [-0.2, 0) is 24.4 Å². The lowest BCUT2D eigenvalue weighted by Crippen LogP contribution is -2.44. The Bertz CT molecular complexity index is 791. The van der Waals surface area contributed by atoms with E-state index in [2.05, 4.69) is 10.4 Å². The number of ether oxygens (including phenoxy) is 1. The van der Waals surface area contributed by atoms with Crippen molar-refractivity contribution in [3.8, 4) is 0 Å². The molecule has 0 aliphatic carbocycles. The first kappa shape index (κ1) is 19.6. The van der Waals surface area contributed by atoms with Crippen molar-refractivity contribution in [1.29, 1.82) is 0 Å². The first-order valence-corrected chi connectivity index (χ1v) is 10.2. The van der Waals surface area contributed by atoms with Gasteiger partial charge in [0, 0.05) is 37.5 Å². The molecule has 1 saturated heterocycles. The van der Waals surface area contributed by atoms with Gasteiger partial charge in [0.05, 0.1) is 19.7 Å². The van der Waals surface area contributed by atoms with Crippen molar-refractivity contribution >= 4 is 17.4 Å². The van der Waals surface area contributed by atoms with Crippen LogP contribution in [0.25, 0.3) is 0 Å². The van der Waals surface area contributed by atoms with Crippen molar-refractivity contribution in [2.45, 2.75) is 45.3 Å². The Morgan fingerprint density at radius 2 is 2.19 bits per heavy atom. The molecule has 3 rings (SSSR count). The summed E-state index contributed by atoms with van der Waals surface area (Å²) >= 11 is 1.64. The van der Waals surface area contributed by atoms with Gasteiger partial charge in [-0.3, -0.25) is 4.57 Å². The highest BCUT2D eigenvalue weighted by Gasteiger charge is 2.28. The summed E-state index contributed by atoms with van der Waals surface area (Å²) in [5.74, 6) is 1.03. The van der Waals surface area contributed by atoms with Crippen molar-refractivity contribution < 1.29 is 9.53 Å². The maximum atomic E-state index is 12.5. The van der Waals surface area contributed by atoms with Crippen LogP contribution in [0.5, 0.6) is 0 Å². The molecule has 27 heavy (non-hydrogen) atoms. The van der Waals surface area contributed by atoms with E-state index in [0.717, 1.165) is 23.5 Å². The summed E-state index contributed by atoms with van der Waals surface area (Å²) in [5, 5.41) is 9.53. The number of amides is 2. The van der Waals surface area contributed by atoms with Crippen LogP contribution >= 0.6 is 11.3 Å². The van der Waals surface area contributed by atoms with E-state index in [1.165, 1.54) is 4.68 Å². The fourth-order valence-corrected chi connectivity index (χ4v) is 4.05. The van der Waals surface area contributed by atoms with E-state index in [4.69, 9.17) is 4.74 Å². The van der Waals surface area contributed by atoms with E-state index in [1.54, 1.807) is 23.0 Å². The molecule has 148 valence electrons. The molecule has 1 aliphatic heterocycles. The molecule has 9 heteroatoms. The highest BCUT2D eigenvalue weighted by molar-refractivity contribution is 7.09. The summed E-state index contributed by atoms with van der Waals surface area (Å²) < 4.78 is 8.29. The first-order chi connectivity index (χ1) is 13.1. The molecule has 0 unspecified atom stereocenters. The van der Waals surface area contributed by atoms with Gasteiger partial charge in [0.2, 0.25) is 0 Å². The van der Waals surface area contributed by atoms with E-state index in [-0.39, 0.29) is 17.6 Å². The third-order valence-electron chi connectivity index (χ3n) is 4.92. The lowest BCUT2D eigenvalue weighted by Gasteiger charge is -2.31.